The predicted molar refractivity (Wildman–Crippen MR) is 332 cm³/mol. The van der Waals surface area contributed by atoms with Gasteiger partial charge in [0.05, 0.1) is 33.8 Å². The molecule has 0 aromatic heterocycles. The van der Waals surface area contributed by atoms with Crippen molar-refractivity contribution in [2.75, 3.05) is 40.9 Å². The molecule has 0 saturated carbocycles. The molecule has 0 spiro atoms. The Labute approximate surface area is 475 Å². The number of unbranched alkanes of at least 4 members (excludes halogenated alkanes) is 26. The van der Waals surface area contributed by atoms with Gasteiger partial charge in [-0.3, -0.25) is 18.6 Å². The molecule has 0 aliphatic rings. The zero-order valence-electron chi connectivity index (χ0n) is 50.7. The van der Waals surface area contributed by atoms with Crippen LogP contribution in [0.1, 0.15) is 265 Å². The summed E-state index contributed by atoms with van der Waals surface area (Å²) in [4.78, 5) is 37.7. The van der Waals surface area contributed by atoms with Gasteiger partial charge >= 0.3 is 13.8 Å². The lowest BCUT2D eigenvalue weighted by Crippen LogP contribution is -2.47. The number of phosphoric acid groups is 1. The predicted octanol–water partition coefficient (Wildman–Crippen LogP) is 19.6. The quantitative estimate of drug-likeness (QED) is 0.0205. The fourth-order valence-corrected chi connectivity index (χ4v) is 9.39. The average molecular weight is 1100 g/mol. The fourth-order valence-electron chi connectivity index (χ4n) is 8.65. The lowest BCUT2D eigenvalue weighted by molar-refractivity contribution is -0.870. The summed E-state index contributed by atoms with van der Waals surface area (Å²) in [6, 6.07) is -0.876. The second-order valence-electron chi connectivity index (χ2n) is 22.2. The van der Waals surface area contributed by atoms with Gasteiger partial charge in [0.25, 0.3) is 0 Å². The Morgan fingerprint density at radius 1 is 0.468 bits per heavy atom. The van der Waals surface area contributed by atoms with Crippen LogP contribution >= 0.6 is 7.82 Å². The standard InChI is InChI=1S/C67H119N2O7P/c1-7-10-13-16-19-22-25-27-29-31-32-33-34-35-36-38-39-41-44-47-50-53-56-59-66(70)68-64(63-75-77(72,73)74-62-61-69(4,5)6)65(58-55-52-49-46-43-24-21-18-15-12-9-3)76-67(71)60-57-54-51-48-45-42-40-37-30-28-26-23-20-17-14-11-8-2/h11,14,19-20,22-23,27-30,40,42,48,51,55,58,64-65H,7-10,12-13,15-18,21,24-26,31-39,41,43-47,49-50,52-54,56-57,59-63H2,1-6H3,(H-,68,70,72,73)/p+1/b14-11-,22-19-,23-20-,29-27-,30-28-,42-40-,51-48-,58-55-. The molecule has 2 N–H and O–H groups in total. The second-order valence-corrected chi connectivity index (χ2v) is 23.6. The number of nitrogens with zero attached hydrogens (tertiary/aromatic N) is 1. The molecule has 0 bridgehead atoms. The van der Waals surface area contributed by atoms with Crippen LogP contribution in [0, 0.1) is 0 Å². The first kappa shape index (κ1) is 73.9. The number of esters is 1. The summed E-state index contributed by atoms with van der Waals surface area (Å²) in [5, 5.41) is 3.04. The minimum Gasteiger partial charge on any atom is -0.456 e. The van der Waals surface area contributed by atoms with Crippen molar-refractivity contribution in [1.82, 2.24) is 5.32 Å². The molecule has 77 heavy (non-hydrogen) atoms. The Bertz CT molecular complexity index is 1640. The minimum absolute atomic E-state index is 0.0276. The lowest BCUT2D eigenvalue weighted by Gasteiger charge is -2.27. The van der Waals surface area contributed by atoms with Gasteiger partial charge < -0.3 is 19.4 Å². The number of amides is 1. The zero-order valence-corrected chi connectivity index (χ0v) is 51.6. The topological polar surface area (TPSA) is 111 Å². The third kappa shape index (κ3) is 57.4. The van der Waals surface area contributed by atoms with Crippen molar-refractivity contribution in [2.24, 2.45) is 0 Å². The number of ether oxygens (including phenoxy) is 1. The number of phosphoric ester groups is 1. The molecule has 0 aromatic carbocycles. The van der Waals surface area contributed by atoms with Gasteiger partial charge in [0.1, 0.15) is 19.3 Å². The zero-order chi connectivity index (χ0) is 56.4. The van der Waals surface area contributed by atoms with Crippen LogP contribution < -0.4 is 5.32 Å². The van der Waals surface area contributed by atoms with Crippen LogP contribution in [-0.4, -0.2) is 74.3 Å². The Balaban J connectivity index is 5.22. The highest BCUT2D eigenvalue weighted by Gasteiger charge is 2.30. The SMILES string of the molecule is CC/C=C\C/C=C\C/C=C\C/C=C\C/C=C\CCCC(=O)OC(/C=C\CCCCCCCCCCC)C(COP(=O)(O)OCC[N+](C)(C)C)NC(=O)CCCCCCCCCCCCCCC/C=C\C/C=C\CCCCC. The summed E-state index contributed by atoms with van der Waals surface area (Å²) in [7, 11) is 1.46. The molecular weight excluding hydrogens is 976 g/mol. The van der Waals surface area contributed by atoms with E-state index in [0.717, 1.165) is 83.5 Å². The van der Waals surface area contributed by atoms with Crippen LogP contribution in [0.5, 0.6) is 0 Å². The first-order valence-corrected chi connectivity index (χ1v) is 33.1. The van der Waals surface area contributed by atoms with Crippen LogP contribution in [0.25, 0.3) is 0 Å². The number of hydrogen-bond acceptors (Lipinski definition) is 6. The van der Waals surface area contributed by atoms with Crippen molar-refractivity contribution >= 4 is 19.7 Å². The van der Waals surface area contributed by atoms with E-state index in [2.05, 4.69) is 111 Å². The van der Waals surface area contributed by atoms with Crippen molar-refractivity contribution in [3.63, 3.8) is 0 Å². The van der Waals surface area contributed by atoms with E-state index in [0.29, 0.717) is 23.9 Å². The average Bonchev–Trinajstić information content (AvgIpc) is 3.39. The molecule has 0 heterocycles. The van der Waals surface area contributed by atoms with E-state index < -0.39 is 20.0 Å². The summed E-state index contributed by atoms with van der Waals surface area (Å²) in [6.07, 6.45) is 75.6. The molecule has 1 amide bonds. The fraction of sp³-hybridized carbons (Fsp3) is 0.731. The van der Waals surface area contributed by atoms with Gasteiger partial charge in [-0.1, -0.05) is 247 Å². The summed E-state index contributed by atoms with van der Waals surface area (Å²) < 4.78 is 30.6. The number of carbonyl (C=O) groups excluding carboxylic acids is 2. The van der Waals surface area contributed by atoms with Gasteiger partial charge in [0.15, 0.2) is 0 Å². The third-order valence-electron chi connectivity index (χ3n) is 13.5. The van der Waals surface area contributed by atoms with E-state index in [4.69, 9.17) is 13.8 Å². The minimum atomic E-state index is -4.46. The van der Waals surface area contributed by atoms with E-state index in [9.17, 15) is 19.0 Å². The molecule has 0 aliphatic carbocycles. The molecule has 3 atom stereocenters. The van der Waals surface area contributed by atoms with E-state index in [1.807, 2.05) is 33.3 Å². The van der Waals surface area contributed by atoms with Crippen LogP contribution in [0.15, 0.2) is 97.2 Å². The largest absolute Gasteiger partial charge is 0.472 e. The van der Waals surface area contributed by atoms with Crippen LogP contribution in [0.4, 0.5) is 0 Å². The molecule has 0 saturated heterocycles. The molecule has 0 fully saturated rings. The number of rotatable bonds is 56. The number of allylic oxidation sites excluding steroid dienone is 15. The molecule has 10 heteroatoms. The summed E-state index contributed by atoms with van der Waals surface area (Å²) >= 11 is 0. The van der Waals surface area contributed by atoms with Gasteiger partial charge in [-0.2, -0.15) is 0 Å². The van der Waals surface area contributed by atoms with Crippen molar-refractivity contribution in [3.8, 4) is 0 Å². The van der Waals surface area contributed by atoms with E-state index >= 15 is 0 Å². The molecule has 3 unspecified atom stereocenters. The maximum atomic E-state index is 13.6. The molecule has 0 aromatic rings. The van der Waals surface area contributed by atoms with Gasteiger partial charge in [-0.25, -0.2) is 4.57 Å². The maximum Gasteiger partial charge on any atom is 0.472 e. The first-order valence-electron chi connectivity index (χ1n) is 31.6. The van der Waals surface area contributed by atoms with Crippen molar-refractivity contribution < 1.29 is 37.3 Å². The first-order chi connectivity index (χ1) is 37.4. The van der Waals surface area contributed by atoms with Gasteiger partial charge in [-0.15, -0.1) is 0 Å². The molecule has 0 aliphatic heterocycles. The van der Waals surface area contributed by atoms with Gasteiger partial charge in [0, 0.05) is 12.8 Å². The molecule has 0 rings (SSSR count). The number of nitrogens with one attached hydrogen (secondary N) is 1. The highest BCUT2D eigenvalue weighted by atomic mass is 31.2. The lowest BCUT2D eigenvalue weighted by atomic mass is 10.0. The normalized spacial score (nSPS) is 14.3. The second kappa shape index (κ2) is 56.2. The number of hydrogen-bond donors (Lipinski definition) is 2. The van der Waals surface area contributed by atoms with E-state index in [1.54, 1.807) is 0 Å². The Hall–Kier alpha value is -3.07. The number of quaternary nitrogens is 1. The molecule has 9 nitrogen and oxygen atoms in total. The van der Waals surface area contributed by atoms with E-state index in [1.165, 1.54) is 141 Å². The Morgan fingerprint density at radius 3 is 1.30 bits per heavy atom. The van der Waals surface area contributed by atoms with Crippen molar-refractivity contribution in [2.45, 2.75) is 277 Å². The molecule has 444 valence electrons. The molecule has 0 radical (unpaired) electrons. The number of likely N-dealkylation sites (N-methyl/N-ethyl adjacent to an activating group) is 1. The van der Waals surface area contributed by atoms with Crippen LogP contribution in [0.3, 0.4) is 0 Å². The highest BCUT2D eigenvalue weighted by molar-refractivity contribution is 7.47. The maximum absolute atomic E-state index is 13.6. The van der Waals surface area contributed by atoms with Gasteiger partial charge in [-0.05, 0) is 102 Å². The Kier molecular flexibility index (Phi) is 54.0. The van der Waals surface area contributed by atoms with Crippen molar-refractivity contribution in [1.29, 1.82) is 0 Å². The number of carbonyl (C=O) groups is 2. The van der Waals surface area contributed by atoms with Crippen molar-refractivity contribution in [3.05, 3.63) is 97.2 Å². The summed E-state index contributed by atoms with van der Waals surface area (Å²) in [6.45, 7) is 6.83. The smallest absolute Gasteiger partial charge is 0.456 e. The monoisotopic (exact) mass is 1100 g/mol. The van der Waals surface area contributed by atoms with Gasteiger partial charge in [0.2, 0.25) is 5.91 Å². The van der Waals surface area contributed by atoms with Crippen LogP contribution in [-0.2, 0) is 27.9 Å². The molecular formula is C67H120N2O7P+. The highest BCUT2D eigenvalue weighted by Crippen LogP contribution is 2.43. The third-order valence-corrected chi connectivity index (χ3v) is 14.5. The van der Waals surface area contributed by atoms with E-state index in [-0.39, 0.29) is 31.5 Å². The van der Waals surface area contributed by atoms with Crippen LogP contribution in [0.2, 0.25) is 0 Å². The summed E-state index contributed by atoms with van der Waals surface area (Å²) in [5.41, 5.74) is 0. The summed E-state index contributed by atoms with van der Waals surface area (Å²) in [5.74, 6) is -0.576. The Morgan fingerprint density at radius 2 is 0.844 bits per heavy atom.